The summed E-state index contributed by atoms with van der Waals surface area (Å²) in [5, 5.41) is 0. The molecule has 96 valence electrons. The Kier molecular flexibility index (Phi) is 5.15. The molecule has 0 radical (unpaired) electrons. The summed E-state index contributed by atoms with van der Waals surface area (Å²) in [7, 11) is 0. The van der Waals surface area contributed by atoms with E-state index < -0.39 is 0 Å². The lowest BCUT2D eigenvalue weighted by atomic mass is 9.87. The van der Waals surface area contributed by atoms with E-state index in [4.69, 9.17) is 0 Å². The van der Waals surface area contributed by atoms with E-state index in [-0.39, 0.29) is 5.41 Å². The Morgan fingerprint density at radius 3 is 1.39 bits per heavy atom. The molecule has 0 spiro atoms. The van der Waals surface area contributed by atoms with Gasteiger partial charge in [-0.05, 0) is 24.8 Å². The second-order valence-corrected chi connectivity index (χ2v) is 5.77. The summed E-state index contributed by atoms with van der Waals surface area (Å²) in [6, 6.07) is 19.0. The van der Waals surface area contributed by atoms with Crippen molar-refractivity contribution in [1.82, 2.24) is 0 Å². The van der Waals surface area contributed by atoms with Crippen LogP contribution in [0.2, 0.25) is 0 Å². The molecule has 0 heterocycles. The van der Waals surface area contributed by atoms with E-state index in [1.807, 2.05) is 18.2 Å². The summed E-state index contributed by atoms with van der Waals surface area (Å²) in [4.78, 5) is 0. The Hall–Kier alpha value is -1.56. The molecule has 0 amide bonds. The zero-order valence-electron chi connectivity index (χ0n) is 12.2. The predicted octanol–water partition coefficient (Wildman–Crippen LogP) is 5.29. The average molecular weight is 240 g/mol. The Labute approximate surface area is 112 Å². The molecule has 0 bridgehead atoms. The maximum Gasteiger partial charge on any atom is -0.0132 e. The number of aryl methyl sites for hydroxylation is 2. The summed E-state index contributed by atoms with van der Waals surface area (Å²) in [6.07, 6.45) is 0. The van der Waals surface area contributed by atoms with Gasteiger partial charge >= 0.3 is 0 Å². The summed E-state index contributed by atoms with van der Waals surface area (Å²) in [6.45, 7) is 10.9. The Morgan fingerprint density at radius 2 is 1.06 bits per heavy atom. The zero-order valence-corrected chi connectivity index (χ0v) is 12.2. The number of rotatable bonds is 0. The van der Waals surface area contributed by atoms with Crippen molar-refractivity contribution < 1.29 is 0 Å². The highest BCUT2D eigenvalue weighted by molar-refractivity contribution is 5.26. The maximum atomic E-state index is 2.23. The van der Waals surface area contributed by atoms with Gasteiger partial charge in [-0.15, -0.1) is 0 Å². The molecular weight excluding hydrogens is 216 g/mol. The number of hydrogen-bond acceptors (Lipinski definition) is 0. The highest BCUT2D eigenvalue weighted by Gasteiger charge is 2.11. The quantitative estimate of drug-likeness (QED) is 0.587. The van der Waals surface area contributed by atoms with Crippen LogP contribution in [0.25, 0.3) is 0 Å². The maximum absolute atomic E-state index is 2.23. The molecule has 0 aliphatic carbocycles. The molecule has 2 rings (SSSR count). The van der Waals surface area contributed by atoms with Crippen LogP contribution in [-0.2, 0) is 5.41 Å². The van der Waals surface area contributed by atoms with Gasteiger partial charge in [0.25, 0.3) is 0 Å². The molecule has 0 aliphatic rings. The normalized spacial score (nSPS) is 10.5. The zero-order chi connectivity index (χ0) is 13.6. The third-order valence-electron chi connectivity index (χ3n) is 2.86. The van der Waals surface area contributed by atoms with E-state index >= 15 is 0 Å². The van der Waals surface area contributed by atoms with Crippen molar-refractivity contribution in [3.05, 3.63) is 71.3 Å². The van der Waals surface area contributed by atoms with E-state index in [2.05, 4.69) is 71.0 Å². The summed E-state index contributed by atoms with van der Waals surface area (Å²) in [5.41, 5.74) is 4.34. The molecule has 0 aliphatic heterocycles. The molecule has 0 N–H and O–H groups in total. The van der Waals surface area contributed by atoms with Crippen molar-refractivity contribution in [1.29, 1.82) is 0 Å². The van der Waals surface area contributed by atoms with Gasteiger partial charge in [0, 0.05) is 0 Å². The van der Waals surface area contributed by atoms with Gasteiger partial charge in [0.1, 0.15) is 0 Å². The van der Waals surface area contributed by atoms with Crippen molar-refractivity contribution in [2.75, 3.05) is 0 Å². The lowest BCUT2D eigenvalue weighted by Crippen LogP contribution is -2.10. The first kappa shape index (κ1) is 14.5. The minimum Gasteiger partial charge on any atom is -0.0622 e. The molecule has 0 nitrogen and oxygen atoms in total. The second-order valence-electron chi connectivity index (χ2n) is 5.77. The fourth-order valence-electron chi connectivity index (χ4n) is 1.59. The van der Waals surface area contributed by atoms with Gasteiger partial charge in [0.15, 0.2) is 0 Å². The Morgan fingerprint density at radius 1 is 0.611 bits per heavy atom. The van der Waals surface area contributed by atoms with Crippen molar-refractivity contribution in [2.45, 2.75) is 40.0 Å². The van der Waals surface area contributed by atoms with Crippen LogP contribution in [0.1, 0.15) is 37.5 Å². The lowest BCUT2D eigenvalue weighted by molar-refractivity contribution is 0.590. The van der Waals surface area contributed by atoms with Crippen LogP contribution in [-0.4, -0.2) is 0 Å². The molecule has 0 atom stereocenters. The molecule has 2 aromatic carbocycles. The largest absolute Gasteiger partial charge is 0.0622 e. The highest BCUT2D eigenvalue weighted by atomic mass is 14.2. The van der Waals surface area contributed by atoms with Crippen LogP contribution in [0.3, 0.4) is 0 Å². The van der Waals surface area contributed by atoms with Crippen molar-refractivity contribution in [2.24, 2.45) is 0 Å². The second kappa shape index (κ2) is 6.39. The standard InChI is InChI=1S/C11H16.C7H8/c1-9-5-7-10(8-6-9)11(2,3)4;1-7-5-3-2-4-6-7/h5-8H,1-4H3;2-6H,1H3. The minimum atomic E-state index is 0.285. The van der Waals surface area contributed by atoms with Gasteiger partial charge in [-0.1, -0.05) is 86.5 Å². The lowest BCUT2D eigenvalue weighted by Gasteiger charge is -2.18. The van der Waals surface area contributed by atoms with Crippen LogP contribution < -0.4 is 0 Å². The van der Waals surface area contributed by atoms with Crippen LogP contribution in [0.4, 0.5) is 0 Å². The number of hydrogen-bond donors (Lipinski definition) is 0. The molecule has 0 saturated heterocycles. The third kappa shape index (κ3) is 5.18. The fourth-order valence-corrected chi connectivity index (χ4v) is 1.59. The average Bonchev–Trinajstić information content (AvgIpc) is 2.30. The van der Waals surface area contributed by atoms with E-state index in [1.165, 1.54) is 16.7 Å². The van der Waals surface area contributed by atoms with Crippen molar-refractivity contribution >= 4 is 0 Å². The van der Waals surface area contributed by atoms with Crippen LogP contribution >= 0.6 is 0 Å². The molecule has 0 heteroatoms. The van der Waals surface area contributed by atoms with Crippen LogP contribution in [0, 0.1) is 13.8 Å². The van der Waals surface area contributed by atoms with Crippen molar-refractivity contribution in [3.8, 4) is 0 Å². The summed E-state index contributed by atoms with van der Waals surface area (Å²) >= 11 is 0. The van der Waals surface area contributed by atoms with Gasteiger partial charge in [-0.25, -0.2) is 0 Å². The van der Waals surface area contributed by atoms with Gasteiger partial charge < -0.3 is 0 Å². The third-order valence-corrected chi connectivity index (χ3v) is 2.86. The van der Waals surface area contributed by atoms with Gasteiger partial charge in [0.05, 0.1) is 0 Å². The molecule has 0 unspecified atom stereocenters. The van der Waals surface area contributed by atoms with E-state index in [0.29, 0.717) is 0 Å². The van der Waals surface area contributed by atoms with Crippen LogP contribution in [0.15, 0.2) is 54.6 Å². The minimum absolute atomic E-state index is 0.285. The summed E-state index contributed by atoms with van der Waals surface area (Å²) < 4.78 is 0. The molecule has 0 fully saturated rings. The fraction of sp³-hybridized carbons (Fsp3) is 0.333. The first-order chi connectivity index (χ1) is 8.39. The van der Waals surface area contributed by atoms with Gasteiger partial charge in [-0.2, -0.15) is 0 Å². The molecule has 0 aromatic heterocycles. The smallest absolute Gasteiger partial charge is 0.0132 e. The SMILES string of the molecule is Cc1ccc(C(C)(C)C)cc1.Cc1ccccc1. The molecule has 0 saturated carbocycles. The highest BCUT2D eigenvalue weighted by Crippen LogP contribution is 2.21. The molecule has 2 aromatic rings. The predicted molar refractivity (Wildman–Crippen MR) is 81.1 cm³/mol. The monoisotopic (exact) mass is 240 g/mol. The molecule has 18 heavy (non-hydrogen) atoms. The van der Waals surface area contributed by atoms with Crippen LogP contribution in [0.5, 0.6) is 0 Å². The van der Waals surface area contributed by atoms with E-state index in [0.717, 1.165) is 0 Å². The Bertz CT molecular complexity index is 444. The molecular formula is C18H24. The Balaban J connectivity index is 0.000000199. The summed E-state index contributed by atoms with van der Waals surface area (Å²) in [5.74, 6) is 0. The number of benzene rings is 2. The first-order valence-corrected chi connectivity index (χ1v) is 6.48. The van der Waals surface area contributed by atoms with E-state index in [9.17, 15) is 0 Å². The van der Waals surface area contributed by atoms with Gasteiger partial charge in [0.2, 0.25) is 0 Å². The van der Waals surface area contributed by atoms with E-state index in [1.54, 1.807) is 0 Å². The van der Waals surface area contributed by atoms with Crippen molar-refractivity contribution in [3.63, 3.8) is 0 Å². The topological polar surface area (TPSA) is 0 Å². The van der Waals surface area contributed by atoms with Gasteiger partial charge in [-0.3, -0.25) is 0 Å². The first-order valence-electron chi connectivity index (χ1n) is 6.48.